The van der Waals surface area contributed by atoms with Gasteiger partial charge in [-0.05, 0) is 73.7 Å². The fourth-order valence-corrected chi connectivity index (χ4v) is 3.71. The molecule has 0 aliphatic heterocycles. The van der Waals surface area contributed by atoms with Gasteiger partial charge in [-0.1, -0.05) is 24.3 Å². The van der Waals surface area contributed by atoms with Crippen molar-refractivity contribution < 1.29 is 9.53 Å². The van der Waals surface area contributed by atoms with E-state index in [4.69, 9.17) is 4.74 Å². The molecule has 0 heterocycles. The topological polar surface area (TPSA) is 38.3 Å². The summed E-state index contributed by atoms with van der Waals surface area (Å²) in [5, 5.41) is 3.38. The highest BCUT2D eigenvalue weighted by Crippen LogP contribution is 2.41. The molecule has 0 saturated heterocycles. The van der Waals surface area contributed by atoms with E-state index >= 15 is 0 Å². The number of hydrogen-bond acceptors (Lipinski definition) is 3. The van der Waals surface area contributed by atoms with Crippen LogP contribution in [0.4, 0.5) is 0 Å². The summed E-state index contributed by atoms with van der Waals surface area (Å²) in [5.41, 5.74) is 7.17. The Morgan fingerprint density at radius 3 is 2.50 bits per heavy atom. The van der Waals surface area contributed by atoms with E-state index in [0.29, 0.717) is 11.5 Å². The van der Waals surface area contributed by atoms with Crippen molar-refractivity contribution in [1.82, 2.24) is 5.32 Å². The zero-order valence-corrected chi connectivity index (χ0v) is 14.8. The lowest BCUT2D eigenvalue weighted by Crippen LogP contribution is -2.25. The molecular weight excluding hydrogens is 298 g/mol. The third-order valence-corrected chi connectivity index (χ3v) is 5.28. The Hall–Kier alpha value is -2.13. The fourth-order valence-electron chi connectivity index (χ4n) is 3.71. The largest absolute Gasteiger partial charge is 0.465 e. The van der Waals surface area contributed by atoms with Gasteiger partial charge < -0.3 is 10.1 Å². The van der Waals surface area contributed by atoms with Crippen molar-refractivity contribution in [2.45, 2.75) is 38.6 Å². The van der Waals surface area contributed by atoms with Gasteiger partial charge in [0.2, 0.25) is 0 Å². The Balaban J connectivity index is 2.07. The van der Waals surface area contributed by atoms with Crippen LogP contribution in [0.25, 0.3) is 0 Å². The minimum Gasteiger partial charge on any atom is -0.465 e. The molecule has 1 N–H and O–H groups in total. The maximum atomic E-state index is 11.9. The van der Waals surface area contributed by atoms with E-state index in [1.165, 1.54) is 34.9 Å². The number of carbonyl (C=O) groups is 1. The van der Waals surface area contributed by atoms with Crippen LogP contribution in [0.15, 0.2) is 36.4 Å². The SMILES string of the molecule is CN[C@H]1CC[C@@H](c2ccc(C)c(C)c2)c2ccc(C(=O)OC)cc21. The van der Waals surface area contributed by atoms with Crippen LogP contribution >= 0.6 is 0 Å². The van der Waals surface area contributed by atoms with Gasteiger partial charge in [0.15, 0.2) is 0 Å². The van der Waals surface area contributed by atoms with Gasteiger partial charge in [-0.25, -0.2) is 4.79 Å². The van der Waals surface area contributed by atoms with Crippen molar-refractivity contribution in [3.05, 3.63) is 69.8 Å². The first-order chi connectivity index (χ1) is 11.5. The molecule has 0 unspecified atom stereocenters. The molecule has 0 saturated carbocycles. The number of hydrogen-bond donors (Lipinski definition) is 1. The molecular formula is C21H25NO2. The zero-order valence-electron chi connectivity index (χ0n) is 14.8. The van der Waals surface area contributed by atoms with Gasteiger partial charge in [0.05, 0.1) is 12.7 Å². The van der Waals surface area contributed by atoms with Crippen LogP contribution in [0.2, 0.25) is 0 Å². The zero-order chi connectivity index (χ0) is 17.3. The van der Waals surface area contributed by atoms with E-state index in [1.54, 1.807) is 0 Å². The second kappa shape index (κ2) is 6.78. The highest BCUT2D eigenvalue weighted by atomic mass is 16.5. The standard InChI is InChI=1S/C21H25NO2/c1-13-5-6-15(11-14(13)2)17-9-10-20(22-3)19-12-16(21(23)24-4)7-8-18(17)19/h5-8,11-12,17,20,22H,9-10H2,1-4H3/t17-,20-/m0/s1. The van der Waals surface area contributed by atoms with Gasteiger partial charge in [0, 0.05) is 12.0 Å². The lowest BCUT2D eigenvalue weighted by atomic mass is 9.76. The molecule has 3 heteroatoms. The Morgan fingerprint density at radius 2 is 1.83 bits per heavy atom. The van der Waals surface area contributed by atoms with E-state index < -0.39 is 0 Å². The second-order valence-corrected chi connectivity index (χ2v) is 6.65. The van der Waals surface area contributed by atoms with Crippen LogP contribution in [-0.4, -0.2) is 20.1 Å². The van der Waals surface area contributed by atoms with Crippen molar-refractivity contribution in [1.29, 1.82) is 0 Å². The highest BCUT2D eigenvalue weighted by molar-refractivity contribution is 5.89. The molecule has 0 bridgehead atoms. The van der Waals surface area contributed by atoms with Crippen LogP contribution in [0.5, 0.6) is 0 Å². The normalized spacial score (nSPS) is 19.7. The first-order valence-electron chi connectivity index (χ1n) is 8.51. The molecule has 126 valence electrons. The Kier molecular flexibility index (Phi) is 4.72. The number of ether oxygens (including phenoxy) is 1. The smallest absolute Gasteiger partial charge is 0.337 e. The average molecular weight is 323 g/mol. The first kappa shape index (κ1) is 16.7. The van der Waals surface area contributed by atoms with E-state index in [0.717, 1.165) is 12.8 Å². The van der Waals surface area contributed by atoms with Gasteiger partial charge in [0.25, 0.3) is 0 Å². The van der Waals surface area contributed by atoms with Crippen LogP contribution < -0.4 is 5.32 Å². The first-order valence-corrected chi connectivity index (χ1v) is 8.51. The van der Waals surface area contributed by atoms with E-state index in [2.05, 4.69) is 43.4 Å². The van der Waals surface area contributed by atoms with Crippen LogP contribution in [0.1, 0.15) is 63.0 Å². The van der Waals surface area contributed by atoms with Gasteiger partial charge in [-0.2, -0.15) is 0 Å². The molecule has 0 amide bonds. The van der Waals surface area contributed by atoms with Gasteiger partial charge in [0.1, 0.15) is 0 Å². The van der Waals surface area contributed by atoms with Crippen molar-refractivity contribution in [3.63, 3.8) is 0 Å². The lowest BCUT2D eigenvalue weighted by Gasteiger charge is -2.32. The molecule has 0 aromatic heterocycles. The maximum absolute atomic E-state index is 11.9. The number of benzene rings is 2. The Morgan fingerprint density at radius 1 is 1.04 bits per heavy atom. The molecule has 0 spiro atoms. The molecule has 3 rings (SSSR count). The number of aryl methyl sites for hydroxylation is 2. The third kappa shape index (κ3) is 2.96. The third-order valence-electron chi connectivity index (χ3n) is 5.28. The van der Waals surface area contributed by atoms with E-state index in [9.17, 15) is 4.79 Å². The van der Waals surface area contributed by atoms with E-state index in [-0.39, 0.29) is 12.0 Å². The number of methoxy groups -OCH3 is 1. The molecule has 2 aromatic rings. The molecule has 1 aliphatic rings. The summed E-state index contributed by atoms with van der Waals surface area (Å²) in [6, 6.07) is 13.0. The predicted molar refractivity (Wildman–Crippen MR) is 96.6 cm³/mol. The molecule has 0 radical (unpaired) electrons. The summed E-state index contributed by atoms with van der Waals surface area (Å²) >= 11 is 0. The van der Waals surface area contributed by atoms with Gasteiger partial charge in [-0.15, -0.1) is 0 Å². The molecule has 2 aromatic carbocycles. The molecule has 0 fully saturated rings. The van der Waals surface area contributed by atoms with Gasteiger partial charge in [-0.3, -0.25) is 0 Å². The van der Waals surface area contributed by atoms with Crippen molar-refractivity contribution in [3.8, 4) is 0 Å². The average Bonchev–Trinajstić information content (AvgIpc) is 2.62. The highest BCUT2D eigenvalue weighted by Gasteiger charge is 2.28. The summed E-state index contributed by atoms with van der Waals surface area (Å²) in [4.78, 5) is 11.9. The van der Waals surface area contributed by atoms with Crippen LogP contribution in [-0.2, 0) is 4.74 Å². The van der Waals surface area contributed by atoms with Crippen molar-refractivity contribution in [2.24, 2.45) is 0 Å². The van der Waals surface area contributed by atoms with Gasteiger partial charge >= 0.3 is 5.97 Å². The predicted octanol–water partition coefficient (Wildman–Crippen LogP) is 4.28. The number of carbonyl (C=O) groups excluding carboxylic acids is 1. The molecule has 24 heavy (non-hydrogen) atoms. The summed E-state index contributed by atoms with van der Waals surface area (Å²) in [7, 11) is 3.41. The Labute approximate surface area is 144 Å². The number of esters is 1. The maximum Gasteiger partial charge on any atom is 0.337 e. The quantitative estimate of drug-likeness (QED) is 0.857. The number of rotatable bonds is 3. The molecule has 1 aliphatic carbocycles. The Bertz CT molecular complexity index is 766. The van der Waals surface area contributed by atoms with Crippen molar-refractivity contribution >= 4 is 5.97 Å². The number of nitrogens with one attached hydrogen (secondary N) is 1. The van der Waals surface area contributed by atoms with Crippen LogP contribution in [0.3, 0.4) is 0 Å². The summed E-state index contributed by atoms with van der Waals surface area (Å²) in [5.74, 6) is 0.108. The molecule has 3 nitrogen and oxygen atoms in total. The summed E-state index contributed by atoms with van der Waals surface area (Å²) in [6.45, 7) is 4.31. The summed E-state index contributed by atoms with van der Waals surface area (Å²) in [6.07, 6.45) is 2.17. The van der Waals surface area contributed by atoms with Crippen molar-refractivity contribution in [2.75, 3.05) is 14.2 Å². The number of fused-ring (bicyclic) bond motifs is 1. The van der Waals surface area contributed by atoms with Crippen LogP contribution in [0, 0.1) is 13.8 Å². The molecule has 2 atom stereocenters. The lowest BCUT2D eigenvalue weighted by molar-refractivity contribution is 0.0600. The monoisotopic (exact) mass is 323 g/mol. The van der Waals surface area contributed by atoms with E-state index in [1.807, 2.05) is 19.2 Å². The summed E-state index contributed by atoms with van der Waals surface area (Å²) < 4.78 is 4.88. The fraction of sp³-hybridized carbons (Fsp3) is 0.381. The minimum atomic E-state index is -0.277. The minimum absolute atomic E-state index is 0.277. The second-order valence-electron chi connectivity index (χ2n) is 6.65.